The summed E-state index contributed by atoms with van der Waals surface area (Å²) in [5.41, 5.74) is 1.03. The molecule has 0 fully saturated rings. The molecule has 118 valence electrons. The van der Waals surface area contributed by atoms with Gasteiger partial charge in [0.1, 0.15) is 5.82 Å². The second-order valence-electron chi connectivity index (χ2n) is 4.97. The third kappa shape index (κ3) is 3.80. The number of aliphatic hydroxyl groups is 1. The highest BCUT2D eigenvalue weighted by Gasteiger charge is 2.17. The van der Waals surface area contributed by atoms with Crippen LogP contribution in [0.15, 0.2) is 36.4 Å². The Morgan fingerprint density at radius 1 is 1.00 bits per heavy atom. The molecule has 2 rings (SSSR count). The summed E-state index contributed by atoms with van der Waals surface area (Å²) in [5.74, 6) is -2.45. The van der Waals surface area contributed by atoms with Crippen LogP contribution in [0, 0.1) is 17.5 Å². The van der Waals surface area contributed by atoms with Crippen LogP contribution in [0.1, 0.15) is 30.1 Å². The summed E-state index contributed by atoms with van der Waals surface area (Å²) in [6.07, 6.45) is 0. The molecule has 2 atom stereocenters. The number of halogens is 4. The van der Waals surface area contributed by atoms with E-state index in [2.05, 4.69) is 5.32 Å². The van der Waals surface area contributed by atoms with Crippen LogP contribution >= 0.6 is 11.6 Å². The molecule has 22 heavy (non-hydrogen) atoms. The van der Waals surface area contributed by atoms with Crippen molar-refractivity contribution in [3.63, 3.8) is 0 Å². The molecule has 6 heteroatoms. The van der Waals surface area contributed by atoms with E-state index in [1.165, 1.54) is 18.2 Å². The molecule has 2 nitrogen and oxygen atoms in total. The largest absolute Gasteiger partial charge is 0.394 e. The lowest BCUT2D eigenvalue weighted by molar-refractivity contribution is 0.235. The van der Waals surface area contributed by atoms with E-state index in [1.807, 2.05) is 0 Å². The molecule has 0 amide bonds. The molecule has 0 saturated carbocycles. The van der Waals surface area contributed by atoms with Crippen LogP contribution in [0.3, 0.4) is 0 Å². The topological polar surface area (TPSA) is 32.3 Å². The van der Waals surface area contributed by atoms with Gasteiger partial charge in [-0.3, -0.25) is 0 Å². The molecular weight excluding hydrogens is 315 g/mol. The first-order valence-electron chi connectivity index (χ1n) is 6.69. The van der Waals surface area contributed by atoms with Gasteiger partial charge in [-0.05, 0) is 42.3 Å². The van der Waals surface area contributed by atoms with E-state index < -0.39 is 23.5 Å². The maximum atomic E-state index is 13.5. The molecule has 0 aliphatic carbocycles. The molecule has 0 saturated heterocycles. The van der Waals surface area contributed by atoms with E-state index >= 15 is 0 Å². The number of hydrogen-bond acceptors (Lipinski definition) is 2. The molecule has 0 aliphatic rings. The fourth-order valence-corrected chi connectivity index (χ4v) is 2.28. The number of aliphatic hydroxyl groups excluding tert-OH is 1. The summed E-state index contributed by atoms with van der Waals surface area (Å²) in [4.78, 5) is 0. The van der Waals surface area contributed by atoms with Crippen LogP contribution < -0.4 is 5.32 Å². The van der Waals surface area contributed by atoms with Crippen molar-refractivity contribution in [1.29, 1.82) is 0 Å². The van der Waals surface area contributed by atoms with E-state index in [0.29, 0.717) is 11.1 Å². The minimum absolute atomic E-state index is 0.00547. The average molecular weight is 330 g/mol. The number of rotatable bonds is 5. The molecule has 2 unspecified atom stereocenters. The van der Waals surface area contributed by atoms with Crippen molar-refractivity contribution >= 4 is 11.6 Å². The summed E-state index contributed by atoms with van der Waals surface area (Å²) < 4.78 is 39.7. The van der Waals surface area contributed by atoms with Crippen molar-refractivity contribution in [2.75, 3.05) is 6.61 Å². The van der Waals surface area contributed by atoms with Gasteiger partial charge in [-0.2, -0.15) is 0 Å². The minimum Gasteiger partial charge on any atom is -0.394 e. The Bertz CT molecular complexity index is 666. The van der Waals surface area contributed by atoms with Crippen molar-refractivity contribution < 1.29 is 18.3 Å². The van der Waals surface area contributed by atoms with Gasteiger partial charge in [0, 0.05) is 6.04 Å². The fraction of sp³-hybridized carbons (Fsp3) is 0.250. The van der Waals surface area contributed by atoms with Crippen molar-refractivity contribution in [1.82, 2.24) is 5.32 Å². The SMILES string of the molecule is CC(NC(CO)c1ccc(Cl)c(F)c1)c1ccc(F)c(F)c1. The zero-order chi connectivity index (χ0) is 16.3. The molecule has 2 N–H and O–H groups in total. The molecule has 2 aromatic rings. The van der Waals surface area contributed by atoms with Crippen LogP contribution in [-0.4, -0.2) is 11.7 Å². The number of benzene rings is 2. The Balaban J connectivity index is 2.18. The average Bonchev–Trinajstić information content (AvgIpc) is 2.50. The summed E-state index contributed by atoms with van der Waals surface area (Å²) in [5, 5.41) is 12.5. The zero-order valence-electron chi connectivity index (χ0n) is 11.8. The predicted molar refractivity (Wildman–Crippen MR) is 79.1 cm³/mol. The first-order valence-corrected chi connectivity index (χ1v) is 7.07. The van der Waals surface area contributed by atoms with E-state index in [-0.39, 0.29) is 17.7 Å². The van der Waals surface area contributed by atoms with Gasteiger partial charge in [0.2, 0.25) is 0 Å². The van der Waals surface area contributed by atoms with Gasteiger partial charge in [-0.1, -0.05) is 23.7 Å². The predicted octanol–water partition coefficient (Wildman–Crippen LogP) is 4.14. The van der Waals surface area contributed by atoms with Crippen molar-refractivity contribution in [2.24, 2.45) is 0 Å². The quantitative estimate of drug-likeness (QED) is 0.864. The molecular formula is C16H15ClF3NO. The van der Waals surface area contributed by atoms with Crippen LogP contribution in [0.2, 0.25) is 5.02 Å². The molecule has 0 spiro atoms. The maximum absolute atomic E-state index is 13.5. The van der Waals surface area contributed by atoms with E-state index in [4.69, 9.17) is 11.6 Å². The normalized spacial score (nSPS) is 13.9. The first kappa shape index (κ1) is 16.8. The van der Waals surface area contributed by atoms with Crippen molar-refractivity contribution in [3.8, 4) is 0 Å². The number of nitrogens with one attached hydrogen (secondary N) is 1. The standard InChI is InChI=1S/C16H15ClF3NO/c1-9(10-3-5-13(18)15(20)6-10)21-16(8-22)11-2-4-12(17)14(19)7-11/h2-7,9,16,21-22H,8H2,1H3. The Hall–Kier alpha value is -1.56. The zero-order valence-corrected chi connectivity index (χ0v) is 12.5. The van der Waals surface area contributed by atoms with Crippen molar-refractivity contribution in [3.05, 3.63) is 70.0 Å². The molecule has 0 heterocycles. The summed E-state index contributed by atoms with van der Waals surface area (Å²) in [7, 11) is 0. The van der Waals surface area contributed by atoms with Gasteiger partial charge in [-0.25, -0.2) is 13.2 Å². The highest BCUT2D eigenvalue weighted by molar-refractivity contribution is 6.30. The van der Waals surface area contributed by atoms with Crippen LogP contribution in [0.25, 0.3) is 0 Å². The Morgan fingerprint density at radius 3 is 2.23 bits per heavy atom. The van der Waals surface area contributed by atoms with Gasteiger partial charge < -0.3 is 10.4 Å². The second-order valence-corrected chi connectivity index (χ2v) is 5.38. The van der Waals surface area contributed by atoms with E-state index in [1.54, 1.807) is 13.0 Å². The van der Waals surface area contributed by atoms with Gasteiger partial charge in [0.25, 0.3) is 0 Å². The minimum atomic E-state index is -0.941. The third-order valence-corrected chi connectivity index (χ3v) is 3.73. The fourth-order valence-electron chi connectivity index (χ4n) is 2.16. The second kappa shape index (κ2) is 7.13. The lowest BCUT2D eigenvalue weighted by atomic mass is 10.0. The Kier molecular flexibility index (Phi) is 5.45. The lowest BCUT2D eigenvalue weighted by Crippen LogP contribution is -2.27. The smallest absolute Gasteiger partial charge is 0.159 e. The summed E-state index contributed by atoms with van der Waals surface area (Å²) in [6.45, 7) is 1.46. The van der Waals surface area contributed by atoms with E-state index in [0.717, 1.165) is 12.1 Å². The summed E-state index contributed by atoms with van der Waals surface area (Å²) in [6, 6.07) is 6.88. The third-order valence-electron chi connectivity index (χ3n) is 3.42. The Morgan fingerprint density at radius 2 is 1.64 bits per heavy atom. The molecule has 0 radical (unpaired) electrons. The monoisotopic (exact) mass is 329 g/mol. The highest BCUT2D eigenvalue weighted by atomic mass is 35.5. The molecule has 0 aliphatic heterocycles. The van der Waals surface area contributed by atoms with Crippen molar-refractivity contribution in [2.45, 2.75) is 19.0 Å². The van der Waals surface area contributed by atoms with Crippen LogP contribution in [0.4, 0.5) is 13.2 Å². The summed E-state index contributed by atoms with van der Waals surface area (Å²) >= 11 is 5.63. The Labute approximate surface area is 131 Å². The van der Waals surface area contributed by atoms with Crippen LogP contribution in [0.5, 0.6) is 0 Å². The molecule has 0 aromatic heterocycles. The number of hydrogen-bond donors (Lipinski definition) is 2. The van der Waals surface area contributed by atoms with E-state index in [9.17, 15) is 18.3 Å². The highest BCUT2D eigenvalue weighted by Crippen LogP contribution is 2.24. The van der Waals surface area contributed by atoms with Gasteiger partial charge in [-0.15, -0.1) is 0 Å². The lowest BCUT2D eigenvalue weighted by Gasteiger charge is -2.22. The van der Waals surface area contributed by atoms with Gasteiger partial charge in [0.05, 0.1) is 17.7 Å². The molecule has 0 bridgehead atoms. The molecule has 2 aromatic carbocycles. The maximum Gasteiger partial charge on any atom is 0.159 e. The first-order chi connectivity index (χ1) is 10.4. The van der Waals surface area contributed by atoms with Gasteiger partial charge >= 0.3 is 0 Å². The van der Waals surface area contributed by atoms with Crippen LogP contribution in [-0.2, 0) is 0 Å². The van der Waals surface area contributed by atoms with Gasteiger partial charge in [0.15, 0.2) is 11.6 Å².